The number of anilines is 2. The van der Waals surface area contributed by atoms with Crippen LogP contribution in [0.2, 0.25) is 0 Å². The van der Waals surface area contributed by atoms with Crippen LogP contribution in [-0.4, -0.2) is 98.1 Å². The summed E-state index contributed by atoms with van der Waals surface area (Å²) in [7, 11) is -2.92. The topological polar surface area (TPSA) is 120 Å². The van der Waals surface area contributed by atoms with Gasteiger partial charge < -0.3 is 20.9 Å². The molecule has 1 aromatic heterocycles. The van der Waals surface area contributed by atoms with Crippen LogP contribution >= 0.6 is 37.2 Å². The average Bonchev–Trinajstić information content (AvgIpc) is 3.24. The summed E-state index contributed by atoms with van der Waals surface area (Å²) >= 11 is 0. The molecule has 4 saturated heterocycles. The van der Waals surface area contributed by atoms with E-state index in [4.69, 9.17) is 4.98 Å². The fraction of sp³-hybridized carbons (Fsp3) is 0.821. The van der Waals surface area contributed by atoms with Gasteiger partial charge in [0, 0.05) is 51.3 Å². The van der Waals surface area contributed by atoms with Crippen molar-refractivity contribution in [1.29, 1.82) is 0 Å². The lowest BCUT2D eigenvalue weighted by Gasteiger charge is -2.46. The number of rotatable bonds is 8. The molecular weight excluding hydrogens is 621 g/mol. The molecular formula is C28H52Cl3N7O3S. The summed E-state index contributed by atoms with van der Waals surface area (Å²) in [5.41, 5.74) is 0. The first-order valence-electron chi connectivity index (χ1n) is 15.3. The van der Waals surface area contributed by atoms with Crippen LogP contribution in [0.3, 0.4) is 0 Å². The van der Waals surface area contributed by atoms with E-state index >= 15 is 0 Å². The summed E-state index contributed by atoms with van der Waals surface area (Å²) in [5.74, 6) is 2.46. The molecule has 10 nitrogen and oxygen atoms in total. The Morgan fingerprint density at radius 2 is 1.64 bits per heavy atom. The molecule has 0 aliphatic carbocycles. The van der Waals surface area contributed by atoms with Crippen molar-refractivity contribution in [3.05, 3.63) is 12.3 Å². The van der Waals surface area contributed by atoms with Crippen molar-refractivity contribution in [2.75, 3.05) is 61.0 Å². The first-order valence-corrected chi connectivity index (χ1v) is 17.1. The zero-order valence-corrected chi connectivity index (χ0v) is 27.8. The number of nitrogens with zero attached hydrogens (tertiary/aromatic N) is 4. The van der Waals surface area contributed by atoms with E-state index in [2.05, 4.69) is 30.7 Å². The van der Waals surface area contributed by atoms with Gasteiger partial charge in [-0.2, -0.15) is 4.98 Å². The number of carbonyl (C=O) groups is 1. The SMILES string of the molecule is Cl.Cl.Cl.O=C(NCC[C@@H]1[C@@H](Nc2nccc(N3CCCCCC3)n2)CCCN1C1CCS(=O)(=O)CC1)C1CCNCC1.[HH]. The number of nitrogens with one attached hydrogen (secondary N) is 3. The van der Waals surface area contributed by atoms with Crippen LogP contribution in [0.25, 0.3) is 0 Å². The normalized spacial score (nSPS) is 25.6. The molecule has 0 saturated carbocycles. The fourth-order valence-electron chi connectivity index (χ4n) is 6.91. The maximum Gasteiger partial charge on any atom is 0.224 e. The Balaban J connectivity index is 0.00000231. The zero-order chi connectivity index (χ0) is 27.1. The lowest BCUT2D eigenvalue weighted by Crippen LogP contribution is -2.57. The maximum absolute atomic E-state index is 12.8. The van der Waals surface area contributed by atoms with Gasteiger partial charge in [-0.05, 0) is 83.5 Å². The summed E-state index contributed by atoms with van der Waals surface area (Å²) in [6.07, 6.45) is 12.9. The van der Waals surface area contributed by atoms with E-state index in [-0.39, 0.29) is 80.1 Å². The average molecular weight is 673 g/mol. The van der Waals surface area contributed by atoms with Crippen LogP contribution in [0.1, 0.15) is 72.1 Å². The number of carbonyl (C=O) groups excluding carboxylic acids is 1. The first-order chi connectivity index (χ1) is 19.0. The number of hydrogen-bond donors (Lipinski definition) is 3. The molecule has 4 aliphatic heterocycles. The van der Waals surface area contributed by atoms with Gasteiger partial charge in [0.15, 0.2) is 0 Å². The summed E-state index contributed by atoms with van der Waals surface area (Å²) in [5, 5.41) is 10.2. The molecule has 4 aliphatic rings. The number of aromatic nitrogens is 2. The molecule has 244 valence electrons. The van der Waals surface area contributed by atoms with E-state index in [1.165, 1.54) is 25.7 Å². The quantitative estimate of drug-likeness (QED) is 0.380. The lowest BCUT2D eigenvalue weighted by atomic mass is 9.90. The van der Waals surface area contributed by atoms with E-state index in [1.54, 1.807) is 0 Å². The van der Waals surface area contributed by atoms with Gasteiger partial charge in [0.25, 0.3) is 0 Å². The number of halogens is 3. The van der Waals surface area contributed by atoms with Crippen molar-refractivity contribution in [3.63, 3.8) is 0 Å². The molecule has 5 rings (SSSR count). The fourth-order valence-corrected chi connectivity index (χ4v) is 8.38. The Hall–Kier alpha value is -1.11. The predicted molar refractivity (Wildman–Crippen MR) is 179 cm³/mol. The first kappa shape index (κ1) is 37.1. The third kappa shape index (κ3) is 10.2. The second-order valence-electron chi connectivity index (χ2n) is 11.8. The second kappa shape index (κ2) is 18.0. The molecule has 14 heteroatoms. The van der Waals surface area contributed by atoms with E-state index in [9.17, 15) is 13.2 Å². The minimum Gasteiger partial charge on any atom is -0.356 e. The molecule has 2 atom stereocenters. The van der Waals surface area contributed by atoms with Gasteiger partial charge in [-0.3, -0.25) is 9.69 Å². The zero-order valence-electron chi connectivity index (χ0n) is 24.5. The van der Waals surface area contributed by atoms with E-state index in [0.29, 0.717) is 25.3 Å². The van der Waals surface area contributed by atoms with Crippen LogP contribution in [0.5, 0.6) is 0 Å². The van der Waals surface area contributed by atoms with Crippen molar-refractivity contribution in [3.8, 4) is 0 Å². The molecule has 0 aromatic carbocycles. The van der Waals surface area contributed by atoms with Crippen molar-refractivity contribution in [1.82, 2.24) is 25.5 Å². The molecule has 1 aromatic rings. The highest BCUT2D eigenvalue weighted by Gasteiger charge is 2.38. The molecule has 0 unspecified atom stereocenters. The Labute approximate surface area is 272 Å². The minimum atomic E-state index is -2.92. The number of likely N-dealkylation sites (tertiary alicyclic amines) is 1. The number of hydrogen-bond acceptors (Lipinski definition) is 9. The van der Waals surface area contributed by atoms with Gasteiger partial charge in [0.2, 0.25) is 11.9 Å². The molecule has 0 spiro atoms. The molecule has 1 amide bonds. The summed E-state index contributed by atoms with van der Waals surface area (Å²) in [4.78, 5) is 27.2. The highest BCUT2D eigenvalue weighted by atomic mass is 35.5. The third-order valence-electron chi connectivity index (χ3n) is 9.15. The molecule has 0 radical (unpaired) electrons. The monoisotopic (exact) mass is 671 g/mol. The highest BCUT2D eigenvalue weighted by Crippen LogP contribution is 2.30. The molecule has 3 N–H and O–H groups in total. The standard InChI is InChI=1S/C28H47N7O3S.3ClH.H2/c36-27(22-7-13-29-14-8-22)30-15-9-25-24(6-5-19-35(25)23-11-20-39(37,38)21-12-23)32-28-31-16-10-26(33-28)34-17-3-1-2-4-18-34;;;;/h10,16,22-25,29H,1-9,11-15,17-21H2,(H,30,36)(H,31,32,33);4*1H/t24-,25+;;;;/m0..../s1. The summed E-state index contributed by atoms with van der Waals surface area (Å²) in [6, 6.07) is 2.60. The van der Waals surface area contributed by atoms with Gasteiger partial charge in [-0.15, -0.1) is 37.2 Å². The highest BCUT2D eigenvalue weighted by molar-refractivity contribution is 7.91. The number of amides is 1. The molecule has 42 heavy (non-hydrogen) atoms. The van der Waals surface area contributed by atoms with Crippen LogP contribution < -0.4 is 20.9 Å². The van der Waals surface area contributed by atoms with Crippen molar-refractivity contribution in [2.24, 2.45) is 5.92 Å². The van der Waals surface area contributed by atoms with Crippen LogP contribution in [-0.2, 0) is 14.6 Å². The lowest BCUT2D eigenvalue weighted by molar-refractivity contribution is -0.125. The van der Waals surface area contributed by atoms with Crippen LogP contribution in [0.15, 0.2) is 12.3 Å². The number of sulfone groups is 1. The Bertz CT molecular complexity index is 1050. The van der Waals surface area contributed by atoms with Crippen molar-refractivity contribution < 1.29 is 14.6 Å². The van der Waals surface area contributed by atoms with Crippen molar-refractivity contribution in [2.45, 2.75) is 88.8 Å². The summed E-state index contributed by atoms with van der Waals surface area (Å²) in [6.45, 7) is 5.48. The van der Waals surface area contributed by atoms with Gasteiger partial charge in [0.05, 0.1) is 11.5 Å². The third-order valence-corrected chi connectivity index (χ3v) is 10.9. The smallest absolute Gasteiger partial charge is 0.224 e. The van der Waals surface area contributed by atoms with E-state index in [1.807, 2.05) is 12.3 Å². The maximum atomic E-state index is 12.8. The van der Waals surface area contributed by atoms with Gasteiger partial charge in [-0.1, -0.05) is 12.8 Å². The Kier molecular flexibility index (Phi) is 15.9. The predicted octanol–water partition coefficient (Wildman–Crippen LogP) is 3.70. The summed E-state index contributed by atoms with van der Waals surface area (Å²) < 4.78 is 24.3. The van der Waals surface area contributed by atoms with Crippen molar-refractivity contribution >= 4 is 64.7 Å². The Morgan fingerprint density at radius 1 is 0.952 bits per heavy atom. The van der Waals surface area contributed by atoms with E-state index in [0.717, 1.165) is 70.6 Å². The molecule has 0 bridgehead atoms. The minimum absolute atomic E-state index is 0. The number of piperidine rings is 2. The largest absolute Gasteiger partial charge is 0.356 e. The Morgan fingerprint density at radius 3 is 2.33 bits per heavy atom. The van der Waals surface area contributed by atoms with Gasteiger partial charge in [0.1, 0.15) is 15.7 Å². The van der Waals surface area contributed by atoms with Crippen LogP contribution in [0.4, 0.5) is 11.8 Å². The molecule has 4 fully saturated rings. The second-order valence-corrected chi connectivity index (χ2v) is 14.1. The molecule has 5 heterocycles. The van der Waals surface area contributed by atoms with Crippen LogP contribution in [0, 0.1) is 5.92 Å². The van der Waals surface area contributed by atoms with Gasteiger partial charge >= 0.3 is 0 Å². The van der Waals surface area contributed by atoms with Gasteiger partial charge in [-0.25, -0.2) is 13.4 Å². The van der Waals surface area contributed by atoms with E-state index < -0.39 is 9.84 Å².